The van der Waals surface area contributed by atoms with Crippen LogP contribution < -0.4 is 5.73 Å². The molecule has 9 heteroatoms. The quantitative estimate of drug-likeness (QED) is 0.713. The van der Waals surface area contributed by atoms with Crippen LogP contribution in [-0.2, 0) is 20.6 Å². The third-order valence-corrected chi connectivity index (χ3v) is 7.00. The summed E-state index contributed by atoms with van der Waals surface area (Å²) in [6, 6.07) is 0. The summed E-state index contributed by atoms with van der Waals surface area (Å²) in [5, 5.41) is 0. The highest BCUT2D eigenvalue weighted by atomic mass is 19.1. The number of anilines is 1. The van der Waals surface area contributed by atoms with Crippen molar-refractivity contribution in [1.82, 2.24) is 19.5 Å². The Morgan fingerprint density at radius 3 is 2.84 bits per heavy atom. The van der Waals surface area contributed by atoms with Crippen LogP contribution in [0.15, 0.2) is 6.33 Å². The van der Waals surface area contributed by atoms with E-state index in [1.165, 1.54) is 12.8 Å². The first-order valence-corrected chi connectivity index (χ1v) is 11.6. The molecule has 31 heavy (non-hydrogen) atoms. The number of ether oxygens (including phenoxy) is 3. The Labute approximate surface area is 181 Å². The number of aromatic nitrogens is 4. The third-order valence-electron chi connectivity index (χ3n) is 7.00. The van der Waals surface area contributed by atoms with Crippen LogP contribution in [-0.4, -0.2) is 50.8 Å². The van der Waals surface area contributed by atoms with E-state index in [9.17, 15) is 0 Å². The van der Waals surface area contributed by atoms with Crippen LogP contribution in [0.25, 0.3) is 11.2 Å². The minimum Gasteiger partial charge on any atom is -0.368 e. The van der Waals surface area contributed by atoms with Gasteiger partial charge in [-0.3, -0.25) is 4.57 Å². The second-order valence-corrected chi connectivity index (χ2v) is 9.26. The average Bonchev–Trinajstić information content (AvgIpc) is 3.43. The average molecular weight is 434 g/mol. The molecular weight excluding hydrogens is 401 g/mol. The number of hydrogen-bond acceptors (Lipinski definition) is 7. The standard InChI is InChI=1S/C22H32FN5O3/c1-3-16-13(2)22(23,11-30-17-6-4-5-9-29-17)20(31-16)28-12-25-18-15(10-14-7-8-14)26-21(24)27-19(18)28/h12-14,16-17,20H,3-11H2,1-2H3,(H2,24,26,27)/t13-,16-,17?,20-,22-/m1/s1. The maximum absolute atomic E-state index is 16.6. The number of nitrogens with two attached hydrogens (primary N) is 1. The third kappa shape index (κ3) is 3.91. The van der Waals surface area contributed by atoms with E-state index in [1.807, 2.05) is 13.8 Å². The summed E-state index contributed by atoms with van der Waals surface area (Å²) in [4.78, 5) is 13.4. The lowest BCUT2D eigenvalue weighted by molar-refractivity contribution is -0.194. The van der Waals surface area contributed by atoms with Gasteiger partial charge in [0.05, 0.1) is 24.7 Å². The first-order valence-electron chi connectivity index (χ1n) is 11.6. The molecule has 1 saturated carbocycles. The maximum atomic E-state index is 16.6. The van der Waals surface area contributed by atoms with Gasteiger partial charge in [-0.15, -0.1) is 0 Å². The van der Waals surface area contributed by atoms with Gasteiger partial charge < -0.3 is 19.9 Å². The number of alkyl halides is 1. The van der Waals surface area contributed by atoms with Gasteiger partial charge in [-0.25, -0.2) is 14.4 Å². The lowest BCUT2D eigenvalue weighted by Gasteiger charge is -2.32. The van der Waals surface area contributed by atoms with Crippen molar-refractivity contribution >= 4 is 17.1 Å². The molecule has 2 N–H and O–H groups in total. The zero-order chi connectivity index (χ0) is 21.6. The lowest BCUT2D eigenvalue weighted by Crippen LogP contribution is -2.43. The Hall–Kier alpha value is -1.84. The van der Waals surface area contributed by atoms with Gasteiger partial charge in [0.15, 0.2) is 23.8 Å². The number of fused-ring (bicyclic) bond motifs is 1. The molecule has 0 radical (unpaired) electrons. The molecule has 170 valence electrons. The minimum atomic E-state index is -1.74. The van der Waals surface area contributed by atoms with E-state index in [1.54, 1.807) is 10.9 Å². The van der Waals surface area contributed by atoms with E-state index in [-0.39, 0.29) is 30.9 Å². The molecule has 3 fully saturated rings. The summed E-state index contributed by atoms with van der Waals surface area (Å²) in [6.45, 7) is 4.45. The number of nitrogen functional groups attached to an aromatic ring is 1. The Bertz CT molecular complexity index is 929. The number of halogens is 1. The summed E-state index contributed by atoms with van der Waals surface area (Å²) in [6.07, 6.45) is 6.88. The summed E-state index contributed by atoms with van der Waals surface area (Å²) < 4.78 is 36.1. The van der Waals surface area contributed by atoms with E-state index >= 15 is 4.39 Å². The molecule has 0 amide bonds. The highest BCUT2D eigenvalue weighted by molar-refractivity contribution is 5.75. The van der Waals surface area contributed by atoms with Crippen LogP contribution in [0.5, 0.6) is 0 Å². The largest absolute Gasteiger partial charge is 0.368 e. The predicted molar refractivity (Wildman–Crippen MR) is 113 cm³/mol. The van der Waals surface area contributed by atoms with Crippen molar-refractivity contribution < 1.29 is 18.6 Å². The molecule has 0 aromatic carbocycles. The van der Waals surface area contributed by atoms with Crippen LogP contribution in [0.2, 0.25) is 0 Å². The molecule has 2 aliphatic heterocycles. The second-order valence-electron chi connectivity index (χ2n) is 9.26. The van der Waals surface area contributed by atoms with Gasteiger partial charge in [0.2, 0.25) is 5.95 Å². The fraction of sp³-hybridized carbons (Fsp3) is 0.773. The molecule has 8 nitrogen and oxygen atoms in total. The first kappa shape index (κ1) is 21.0. The van der Waals surface area contributed by atoms with Gasteiger partial charge in [0, 0.05) is 12.5 Å². The zero-order valence-corrected chi connectivity index (χ0v) is 18.3. The first-order chi connectivity index (χ1) is 15.0. The maximum Gasteiger partial charge on any atom is 0.222 e. The molecule has 0 bridgehead atoms. The van der Waals surface area contributed by atoms with Crippen molar-refractivity contribution in [3.8, 4) is 0 Å². The summed E-state index contributed by atoms with van der Waals surface area (Å²) in [5.74, 6) is 0.451. The highest BCUT2D eigenvalue weighted by Gasteiger charge is 2.56. The van der Waals surface area contributed by atoms with Crippen LogP contribution in [0.4, 0.5) is 10.3 Å². The number of rotatable bonds is 7. The fourth-order valence-electron chi connectivity index (χ4n) is 4.85. The van der Waals surface area contributed by atoms with Gasteiger partial charge in [0.25, 0.3) is 0 Å². The van der Waals surface area contributed by atoms with E-state index in [2.05, 4.69) is 15.0 Å². The number of nitrogens with zero attached hydrogens (tertiary/aromatic N) is 4. The Balaban J connectivity index is 1.47. The monoisotopic (exact) mass is 433 g/mol. The second kappa shape index (κ2) is 8.26. The lowest BCUT2D eigenvalue weighted by atomic mass is 9.87. The molecule has 1 aliphatic carbocycles. The van der Waals surface area contributed by atoms with Crippen molar-refractivity contribution in [3.63, 3.8) is 0 Å². The van der Waals surface area contributed by atoms with E-state index in [4.69, 9.17) is 19.9 Å². The van der Waals surface area contributed by atoms with Gasteiger partial charge in [-0.05, 0) is 50.9 Å². The smallest absolute Gasteiger partial charge is 0.222 e. The zero-order valence-electron chi connectivity index (χ0n) is 18.3. The van der Waals surface area contributed by atoms with Crippen molar-refractivity contribution in [2.24, 2.45) is 11.8 Å². The van der Waals surface area contributed by atoms with Crippen LogP contribution in [0, 0.1) is 11.8 Å². The van der Waals surface area contributed by atoms with E-state index in [0.29, 0.717) is 30.1 Å². The topological polar surface area (TPSA) is 97.3 Å². The molecule has 4 heterocycles. The van der Waals surface area contributed by atoms with Crippen molar-refractivity contribution in [3.05, 3.63) is 12.0 Å². The molecular formula is C22H32FN5O3. The van der Waals surface area contributed by atoms with E-state index in [0.717, 1.165) is 31.4 Å². The van der Waals surface area contributed by atoms with Gasteiger partial charge in [-0.2, -0.15) is 4.98 Å². The minimum absolute atomic E-state index is 0.102. The molecule has 1 unspecified atom stereocenters. The van der Waals surface area contributed by atoms with Crippen molar-refractivity contribution in [2.45, 2.75) is 83.1 Å². The predicted octanol–water partition coefficient (Wildman–Crippen LogP) is 3.56. The fourth-order valence-corrected chi connectivity index (χ4v) is 4.85. The summed E-state index contributed by atoms with van der Waals surface area (Å²) >= 11 is 0. The van der Waals surface area contributed by atoms with Crippen molar-refractivity contribution in [1.29, 1.82) is 0 Å². The highest BCUT2D eigenvalue weighted by Crippen LogP contribution is 2.48. The Kier molecular flexibility index (Phi) is 5.60. The molecule has 5 atom stereocenters. The van der Waals surface area contributed by atoms with Gasteiger partial charge >= 0.3 is 0 Å². The Morgan fingerprint density at radius 2 is 2.13 bits per heavy atom. The van der Waals surface area contributed by atoms with Gasteiger partial charge in [0.1, 0.15) is 5.52 Å². The van der Waals surface area contributed by atoms with Crippen LogP contribution in [0.1, 0.15) is 64.3 Å². The van der Waals surface area contributed by atoms with Crippen LogP contribution >= 0.6 is 0 Å². The Morgan fingerprint density at radius 1 is 1.29 bits per heavy atom. The normalized spacial score (nSPS) is 33.9. The summed E-state index contributed by atoms with van der Waals surface area (Å²) in [5.41, 5.74) is 6.30. The molecule has 0 spiro atoms. The molecule has 2 aromatic rings. The number of hydrogen-bond donors (Lipinski definition) is 1. The molecule has 3 aliphatic rings. The van der Waals surface area contributed by atoms with Crippen LogP contribution in [0.3, 0.4) is 0 Å². The molecule has 2 aromatic heterocycles. The molecule has 5 rings (SSSR count). The van der Waals surface area contributed by atoms with E-state index < -0.39 is 11.9 Å². The van der Waals surface area contributed by atoms with Gasteiger partial charge in [-0.1, -0.05) is 13.8 Å². The number of imidazole rings is 1. The van der Waals surface area contributed by atoms with Crippen molar-refractivity contribution in [2.75, 3.05) is 18.9 Å². The molecule has 2 saturated heterocycles. The summed E-state index contributed by atoms with van der Waals surface area (Å²) in [7, 11) is 0. The SMILES string of the molecule is CC[C@H]1O[C@@H](n2cnc3c(CC4CC4)nc(N)nc32)[C@@](F)(COC2CCCCO2)[C@@H]1C.